The summed E-state index contributed by atoms with van der Waals surface area (Å²) in [5.74, 6) is 0.800. The molecule has 8 rings (SSSR count). The molecule has 2 unspecified atom stereocenters. The van der Waals surface area contributed by atoms with Crippen LogP contribution in [0.5, 0.6) is 0 Å². The molecule has 6 nitrogen and oxygen atoms in total. The van der Waals surface area contributed by atoms with Gasteiger partial charge < -0.3 is 15.0 Å². The SMILES string of the molecule is OC1CC2CCC(C1)N2Cc1ccc(-c2ccc3ncnc(Nc4ccc5c(ccn5Cc5ccccc5)c4)c3c2)cc1. The predicted octanol–water partition coefficient (Wildman–Crippen LogP) is 7.53. The highest BCUT2D eigenvalue weighted by Crippen LogP contribution is 2.37. The standard InChI is InChI=1S/C37H35N5O/c43-33-20-31-12-13-32(21-33)42(31)23-26-6-8-27(9-7-26)28-10-14-35-34(19-28)37(39-24-38-35)40-30-11-15-36-29(18-30)16-17-41(36)22-25-4-2-1-3-5-25/h1-11,14-19,24,31-33,43H,12-13,20-23H2,(H,38,39,40). The molecule has 2 aliphatic rings. The lowest BCUT2D eigenvalue weighted by Gasteiger charge is -2.37. The van der Waals surface area contributed by atoms with Crippen molar-refractivity contribution in [1.82, 2.24) is 19.4 Å². The van der Waals surface area contributed by atoms with Gasteiger partial charge in [-0.25, -0.2) is 9.97 Å². The number of hydrogen-bond donors (Lipinski definition) is 2. The number of piperidine rings is 1. The Hall–Kier alpha value is -4.52. The van der Waals surface area contributed by atoms with E-state index in [-0.39, 0.29) is 6.10 Å². The fourth-order valence-corrected chi connectivity index (χ4v) is 7.19. The van der Waals surface area contributed by atoms with Crippen molar-refractivity contribution >= 4 is 33.3 Å². The second kappa shape index (κ2) is 11.0. The van der Waals surface area contributed by atoms with Gasteiger partial charge in [-0.1, -0.05) is 60.7 Å². The minimum Gasteiger partial charge on any atom is -0.393 e. The molecule has 4 heterocycles. The molecule has 0 amide bonds. The van der Waals surface area contributed by atoms with Gasteiger partial charge in [-0.05, 0) is 84.3 Å². The van der Waals surface area contributed by atoms with Crippen LogP contribution < -0.4 is 5.32 Å². The van der Waals surface area contributed by atoms with Gasteiger partial charge in [0.05, 0.1) is 11.6 Å². The van der Waals surface area contributed by atoms with Gasteiger partial charge in [0.2, 0.25) is 0 Å². The van der Waals surface area contributed by atoms with Crippen LogP contribution in [-0.4, -0.2) is 42.7 Å². The average Bonchev–Trinajstić information content (AvgIpc) is 3.53. The highest BCUT2D eigenvalue weighted by Gasteiger charge is 2.39. The lowest BCUT2D eigenvalue weighted by molar-refractivity contribution is 0.0310. The molecule has 43 heavy (non-hydrogen) atoms. The summed E-state index contributed by atoms with van der Waals surface area (Å²) in [6.07, 6.45) is 7.91. The number of fused-ring (bicyclic) bond motifs is 4. The molecule has 6 aromatic rings. The molecule has 0 saturated carbocycles. The summed E-state index contributed by atoms with van der Waals surface area (Å²) in [4.78, 5) is 11.8. The van der Waals surface area contributed by atoms with E-state index in [1.54, 1.807) is 6.33 Å². The zero-order valence-electron chi connectivity index (χ0n) is 24.1. The Balaban J connectivity index is 1.02. The van der Waals surface area contributed by atoms with E-state index in [1.807, 2.05) is 0 Å². The Bertz CT molecular complexity index is 1880. The van der Waals surface area contributed by atoms with E-state index in [1.165, 1.54) is 40.4 Å². The van der Waals surface area contributed by atoms with E-state index in [2.05, 4.69) is 128 Å². The van der Waals surface area contributed by atoms with Crippen LogP contribution in [0.3, 0.4) is 0 Å². The third-order valence-corrected chi connectivity index (χ3v) is 9.38. The molecule has 2 atom stereocenters. The third-order valence-electron chi connectivity index (χ3n) is 9.38. The molecule has 0 radical (unpaired) electrons. The average molecular weight is 566 g/mol. The maximum Gasteiger partial charge on any atom is 0.141 e. The molecule has 2 aliphatic heterocycles. The number of aromatic nitrogens is 3. The lowest BCUT2D eigenvalue weighted by atomic mass is 9.98. The topological polar surface area (TPSA) is 66.2 Å². The van der Waals surface area contributed by atoms with E-state index in [0.29, 0.717) is 12.1 Å². The van der Waals surface area contributed by atoms with Gasteiger partial charge in [0, 0.05) is 53.3 Å². The first-order chi connectivity index (χ1) is 21.2. The summed E-state index contributed by atoms with van der Waals surface area (Å²) < 4.78 is 2.28. The van der Waals surface area contributed by atoms with Crippen LogP contribution in [0.1, 0.15) is 36.8 Å². The summed E-state index contributed by atoms with van der Waals surface area (Å²) >= 11 is 0. The molecular formula is C37H35N5O. The molecule has 2 aromatic heterocycles. The normalized spacial score (nSPS) is 20.2. The number of anilines is 2. The maximum absolute atomic E-state index is 10.2. The highest BCUT2D eigenvalue weighted by atomic mass is 16.3. The maximum atomic E-state index is 10.2. The number of rotatable bonds is 7. The van der Waals surface area contributed by atoms with Gasteiger partial charge in [0.1, 0.15) is 12.1 Å². The Morgan fingerprint density at radius 2 is 1.51 bits per heavy atom. The van der Waals surface area contributed by atoms with E-state index >= 15 is 0 Å². The Labute approximate surface area is 251 Å². The first-order valence-corrected chi connectivity index (χ1v) is 15.3. The minimum absolute atomic E-state index is 0.123. The molecular weight excluding hydrogens is 530 g/mol. The van der Waals surface area contributed by atoms with Crippen molar-refractivity contribution in [3.63, 3.8) is 0 Å². The number of benzene rings is 4. The second-order valence-corrected chi connectivity index (χ2v) is 12.2. The van der Waals surface area contributed by atoms with Crippen LogP contribution in [-0.2, 0) is 13.1 Å². The number of nitrogens with one attached hydrogen (secondary N) is 1. The monoisotopic (exact) mass is 565 g/mol. The van der Waals surface area contributed by atoms with Crippen molar-refractivity contribution in [3.8, 4) is 11.1 Å². The Kier molecular flexibility index (Phi) is 6.66. The molecule has 2 N–H and O–H groups in total. The van der Waals surface area contributed by atoms with E-state index < -0.39 is 0 Å². The van der Waals surface area contributed by atoms with Gasteiger partial charge in [-0.2, -0.15) is 0 Å². The molecule has 2 saturated heterocycles. The predicted molar refractivity (Wildman–Crippen MR) is 173 cm³/mol. The van der Waals surface area contributed by atoms with Crippen LogP contribution in [0.4, 0.5) is 11.5 Å². The first kappa shape index (κ1) is 26.1. The zero-order valence-corrected chi connectivity index (χ0v) is 24.1. The molecule has 214 valence electrons. The molecule has 6 heteroatoms. The number of aliphatic hydroxyl groups excluding tert-OH is 1. The van der Waals surface area contributed by atoms with Crippen molar-refractivity contribution in [1.29, 1.82) is 0 Å². The van der Waals surface area contributed by atoms with Crippen molar-refractivity contribution in [2.75, 3.05) is 5.32 Å². The Morgan fingerprint density at radius 3 is 2.33 bits per heavy atom. The smallest absolute Gasteiger partial charge is 0.141 e. The van der Waals surface area contributed by atoms with Crippen molar-refractivity contribution in [2.45, 2.75) is 57.0 Å². The van der Waals surface area contributed by atoms with Gasteiger partial charge in [-0.3, -0.25) is 4.90 Å². The largest absolute Gasteiger partial charge is 0.393 e. The lowest BCUT2D eigenvalue weighted by Crippen LogP contribution is -2.44. The fraction of sp³-hybridized carbons (Fsp3) is 0.243. The highest BCUT2D eigenvalue weighted by molar-refractivity contribution is 5.94. The molecule has 0 aliphatic carbocycles. The molecule has 2 bridgehead atoms. The summed E-state index contributed by atoms with van der Waals surface area (Å²) in [5.41, 5.74) is 8.06. The molecule has 0 spiro atoms. The fourth-order valence-electron chi connectivity index (χ4n) is 7.19. The first-order valence-electron chi connectivity index (χ1n) is 15.3. The van der Waals surface area contributed by atoms with Crippen LogP contribution in [0.2, 0.25) is 0 Å². The van der Waals surface area contributed by atoms with E-state index in [9.17, 15) is 5.11 Å². The van der Waals surface area contributed by atoms with Gasteiger partial charge in [-0.15, -0.1) is 0 Å². The van der Waals surface area contributed by atoms with Crippen molar-refractivity contribution < 1.29 is 5.11 Å². The quantitative estimate of drug-likeness (QED) is 0.209. The van der Waals surface area contributed by atoms with Crippen LogP contribution in [0.15, 0.2) is 110 Å². The van der Waals surface area contributed by atoms with Crippen molar-refractivity contribution in [2.24, 2.45) is 0 Å². The van der Waals surface area contributed by atoms with Gasteiger partial charge >= 0.3 is 0 Å². The summed E-state index contributed by atoms with van der Waals surface area (Å²) in [6, 6.07) is 35.6. The third kappa shape index (κ3) is 5.18. The number of hydrogen-bond acceptors (Lipinski definition) is 5. The summed E-state index contributed by atoms with van der Waals surface area (Å²) in [7, 11) is 0. The van der Waals surface area contributed by atoms with Crippen molar-refractivity contribution in [3.05, 3.63) is 121 Å². The second-order valence-electron chi connectivity index (χ2n) is 12.2. The van der Waals surface area contributed by atoms with Crippen LogP contribution >= 0.6 is 0 Å². The van der Waals surface area contributed by atoms with Crippen LogP contribution in [0.25, 0.3) is 32.9 Å². The minimum atomic E-state index is -0.123. The summed E-state index contributed by atoms with van der Waals surface area (Å²) in [5, 5.41) is 15.9. The Morgan fingerprint density at radius 1 is 0.744 bits per heavy atom. The molecule has 2 fully saturated rings. The number of nitrogens with zero attached hydrogens (tertiary/aromatic N) is 4. The van der Waals surface area contributed by atoms with Gasteiger partial charge in [0.15, 0.2) is 0 Å². The van der Waals surface area contributed by atoms with E-state index in [0.717, 1.165) is 53.9 Å². The molecule has 4 aromatic carbocycles. The zero-order chi connectivity index (χ0) is 28.8. The van der Waals surface area contributed by atoms with Crippen LogP contribution in [0, 0.1) is 0 Å². The number of aliphatic hydroxyl groups is 1. The van der Waals surface area contributed by atoms with E-state index in [4.69, 9.17) is 0 Å². The van der Waals surface area contributed by atoms with Gasteiger partial charge in [0.25, 0.3) is 0 Å². The summed E-state index contributed by atoms with van der Waals surface area (Å²) in [6.45, 7) is 1.81.